The van der Waals surface area contributed by atoms with Crippen LogP contribution in [0.5, 0.6) is 11.5 Å². The number of amides is 2. The van der Waals surface area contributed by atoms with E-state index < -0.39 is 0 Å². The number of hydrogen-bond donors (Lipinski definition) is 2. The van der Waals surface area contributed by atoms with E-state index >= 15 is 0 Å². The van der Waals surface area contributed by atoms with E-state index in [-0.39, 0.29) is 12.1 Å². The molecule has 1 aromatic carbocycles. The Kier molecular flexibility index (Phi) is 4.06. The number of hydrogen-bond acceptors (Lipinski definition) is 3. The first kappa shape index (κ1) is 12.3. The van der Waals surface area contributed by atoms with Crippen molar-refractivity contribution in [3.05, 3.63) is 36.9 Å². The molecule has 0 radical (unpaired) electrons. The van der Waals surface area contributed by atoms with Crippen molar-refractivity contribution in [3.63, 3.8) is 0 Å². The van der Waals surface area contributed by atoms with Crippen molar-refractivity contribution in [2.75, 3.05) is 19.7 Å². The van der Waals surface area contributed by atoms with Crippen molar-refractivity contribution in [3.8, 4) is 11.5 Å². The maximum atomic E-state index is 11.3. The van der Waals surface area contributed by atoms with Crippen LogP contribution < -0.4 is 20.1 Å². The summed E-state index contributed by atoms with van der Waals surface area (Å²) in [6.07, 6.45) is 1.45. The van der Waals surface area contributed by atoms with Gasteiger partial charge in [-0.2, -0.15) is 0 Å². The zero-order chi connectivity index (χ0) is 12.8. The Morgan fingerprint density at radius 1 is 1.39 bits per heavy atom. The summed E-state index contributed by atoms with van der Waals surface area (Å²) >= 11 is 0. The Bertz CT molecular complexity index is 434. The second-order valence-corrected chi connectivity index (χ2v) is 3.88. The van der Waals surface area contributed by atoms with E-state index in [2.05, 4.69) is 17.2 Å². The number of nitrogens with one attached hydrogen (secondary N) is 2. The first-order valence-electron chi connectivity index (χ1n) is 5.80. The van der Waals surface area contributed by atoms with E-state index in [4.69, 9.17) is 9.47 Å². The monoisotopic (exact) mass is 248 g/mol. The third-order valence-electron chi connectivity index (χ3n) is 2.46. The van der Waals surface area contributed by atoms with Gasteiger partial charge in [-0.25, -0.2) is 4.79 Å². The van der Waals surface area contributed by atoms with Crippen molar-refractivity contribution in [1.29, 1.82) is 0 Å². The lowest BCUT2D eigenvalue weighted by Crippen LogP contribution is -2.44. The third-order valence-corrected chi connectivity index (χ3v) is 2.46. The number of fused-ring (bicyclic) bond motifs is 1. The molecule has 1 atom stereocenters. The summed E-state index contributed by atoms with van der Waals surface area (Å²) in [5.74, 6) is 1.45. The largest absolute Gasteiger partial charge is 0.486 e. The molecule has 5 nitrogen and oxygen atoms in total. The fourth-order valence-corrected chi connectivity index (χ4v) is 1.60. The number of benzene rings is 1. The van der Waals surface area contributed by atoms with Gasteiger partial charge in [0.1, 0.15) is 6.61 Å². The van der Waals surface area contributed by atoms with Crippen LogP contribution in [0.3, 0.4) is 0 Å². The fourth-order valence-electron chi connectivity index (χ4n) is 1.60. The second kappa shape index (κ2) is 5.95. The van der Waals surface area contributed by atoms with E-state index in [0.29, 0.717) is 25.4 Å². The van der Waals surface area contributed by atoms with Gasteiger partial charge in [-0.1, -0.05) is 18.2 Å². The summed E-state index contributed by atoms with van der Waals surface area (Å²) in [4.78, 5) is 11.3. The molecule has 0 bridgehead atoms. The molecule has 2 N–H and O–H groups in total. The molecule has 2 rings (SSSR count). The van der Waals surface area contributed by atoms with Gasteiger partial charge in [0.05, 0.1) is 6.54 Å². The van der Waals surface area contributed by atoms with Crippen LogP contribution in [0, 0.1) is 0 Å². The number of rotatable bonds is 4. The molecule has 0 spiro atoms. The summed E-state index contributed by atoms with van der Waals surface area (Å²) in [6.45, 7) is 4.79. The Labute approximate surface area is 106 Å². The van der Waals surface area contributed by atoms with Gasteiger partial charge >= 0.3 is 6.03 Å². The maximum Gasteiger partial charge on any atom is 0.315 e. The highest BCUT2D eigenvalue weighted by molar-refractivity contribution is 5.73. The van der Waals surface area contributed by atoms with Crippen molar-refractivity contribution in [1.82, 2.24) is 10.6 Å². The van der Waals surface area contributed by atoms with E-state index in [1.54, 1.807) is 6.08 Å². The smallest absolute Gasteiger partial charge is 0.315 e. The van der Waals surface area contributed by atoms with E-state index in [9.17, 15) is 4.79 Å². The summed E-state index contributed by atoms with van der Waals surface area (Å²) in [5.41, 5.74) is 0. The molecule has 0 unspecified atom stereocenters. The molecule has 0 saturated carbocycles. The Hall–Kier alpha value is -2.17. The summed E-state index contributed by atoms with van der Waals surface area (Å²) in [5, 5.41) is 5.34. The highest BCUT2D eigenvalue weighted by atomic mass is 16.6. The van der Waals surface area contributed by atoms with Crippen LogP contribution in [0.25, 0.3) is 0 Å². The molecule has 18 heavy (non-hydrogen) atoms. The fraction of sp³-hybridized carbons (Fsp3) is 0.308. The van der Waals surface area contributed by atoms with Crippen LogP contribution in [-0.2, 0) is 0 Å². The van der Waals surface area contributed by atoms with E-state index in [1.165, 1.54) is 0 Å². The number of para-hydroxylation sites is 2. The van der Waals surface area contributed by atoms with Gasteiger partial charge in [-0.3, -0.25) is 0 Å². The van der Waals surface area contributed by atoms with Crippen LogP contribution in [0.2, 0.25) is 0 Å². The minimum Gasteiger partial charge on any atom is -0.486 e. The lowest BCUT2D eigenvalue weighted by Gasteiger charge is -2.26. The van der Waals surface area contributed by atoms with Gasteiger partial charge in [0, 0.05) is 6.54 Å². The number of carbonyl (C=O) groups is 1. The summed E-state index contributed by atoms with van der Waals surface area (Å²) < 4.78 is 11.2. The molecule has 0 fully saturated rings. The average Bonchev–Trinajstić information content (AvgIpc) is 2.42. The van der Waals surface area contributed by atoms with Crippen molar-refractivity contribution < 1.29 is 14.3 Å². The van der Waals surface area contributed by atoms with Gasteiger partial charge in [0.2, 0.25) is 0 Å². The zero-order valence-corrected chi connectivity index (χ0v) is 10.0. The Balaban J connectivity index is 1.79. The van der Waals surface area contributed by atoms with Crippen LogP contribution >= 0.6 is 0 Å². The maximum absolute atomic E-state index is 11.3. The van der Waals surface area contributed by atoms with Crippen LogP contribution in [0.1, 0.15) is 0 Å². The molecule has 1 aliphatic rings. The highest BCUT2D eigenvalue weighted by Gasteiger charge is 2.20. The van der Waals surface area contributed by atoms with Crippen molar-refractivity contribution >= 4 is 6.03 Å². The minimum atomic E-state index is -0.239. The lowest BCUT2D eigenvalue weighted by atomic mass is 10.2. The predicted octanol–water partition coefficient (Wildman–Crippen LogP) is 1.31. The highest BCUT2D eigenvalue weighted by Crippen LogP contribution is 2.30. The average molecular weight is 248 g/mol. The quantitative estimate of drug-likeness (QED) is 0.790. The zero-order valence-electron chi connectivity index (χ0n) is 10.0. The van der Waals surface area contributed by atoms with Crippen LogP contribution in [0.15, 0.2) is 36.9 Å². The molecule has 0 saturated heterocycles. The molecule has 0 aromatic heterocycles. The van der Waals surface area contributed by atoms with Gasteiger partial charge in [-0.05, 0) is 12.1 Å². The molecule has 5 heteroatoms. The first-order valence-corrected chi connectivity index (χ1v) is 5.80. The molecular formula is C13H16N2O3. The molecule has 1 heterocycles. The molecule has 96 valence electrons. The number of urea groups is 1. The normalized spacial score (nSPS) is 16.8. The number of ether oxygens (including phenoxy) is 2. The summed E-state index contributed by atoms with van der Waals surface area (Å²) in [6, 6.07) is 7.24. The van der Waals surface area contributed by atoms with Crippen LogP contribution in [-0.4, -0.2) is 31.8 Å². The second-order valence-electron chi connectivity index (χ2n) is 3.88. The van der Waals surface area contributed by atoms with Gasteiger partial charge in [0.15, 0.2) is 17.6 Å². The van der Waals surface area contributed by atoms with Crippen molar-refractivity contribution in [2.45, 2.75) is 6.10 Å². The SMILES string of the molecule is C=CCNC(=O)NC[C@@H]1COc2ccccc2O1. The number of carbonyl (C=O) groups excluding carboxylic acids is 1. The Morgan fingerprint density at radius 2 is 2.17 bits per heavy atom. The molecular weight excluding hydrogens is 232 g/mol. The lowest BCUT2D eigenvalue weighted by molar-refractivity contribution is 0.0918. The van der Waals surface area contributed by atoms with Gasteiger partial charge < -0.3 is 20.1 Å². The topological polar surface area (TPSA) is 59.6 Å². The predicted molar refractivity (Wildman–Crippen MR) is 68.0 cm³/mol. The molecule has 1 aliphatic heterocycles. The molecule has 2 amide bonds. The van der Waals surface area contributed by atoms with Crippen molar-refractivity contribution in [2.24, 2.45) is 0 Å². The molecule has 1 aromatic rings. The van der Waals surface area contributed by atoms with Gasteiger partial charge in [0.25, 0.3) is 0 Å². The van der Waals surface area contributed by atoms with E-state index in [0.717, 1.165) is 5.75 Å². The Morgan fingerprint density at radius 3 is 2.94 bits per heavy atom. The molecule has 0 aliphatic carbocycles. The minimum absolute atomic E-state index is 0.172. The van der Waals surface area contributed by atoms with Crippen LogP contribution in [0.4, 0.5) is 4.79 Å². The third kappa shape index (κ3) is 3.16. The van der Waals surface area contributed by atoms with E-state index in [1.807, 2.05) is 24.3 Å². The first-order chi connectivity index (χ1) is 8.79. The summed E-state index contributed by atoms with van der Waals surface area (Å²) in [7, 11) is 0. The van der Waals surface area contributed by atoms with Gasteiger partial charge in [-0.15, -0.1) is 6.58 Å². The standard InChI is InChI=1S/C13H16N2O3/c1-2-7-14-13(16)15-8-10-9-17-11-5-3-4-6-12(11)18-10/h2-6,10H,1,7-9H2,(H2,14,15,16)/t10-/m1/s1.